The molecule has 0 fully saturated rings. The van der Waals surface area contributed by atoms with Crippen LogP contribution < -0.4 is 21.7 Å². The first-order valence-corrected chi connectivity index (χ1v) is 15.3. The van der Waals surface area contributed by atoms with Gasteiger partial charge in [-0.1, -0.05) is 29.8 Å². The van der Waals surface area contributed by atoms with Crippen LogP contribution in [0.3, 0.4) is 0 Å². The van der Waals surface area contributed by atoms with Crippen molar-refractivity contribution in [3.05, 3.63) is 76.0 Å². The predicted octanol–water partition coefficient (Wildman–Crippen LogP) is 4.29. The number of thioether (sulfide) groups is 1. The number of halogens is 1. The topological polar surface area (TPSA) is 151 Å². The van der Waals surface area contributed by atoms with Crippen LogP contribution in [-0.2, 0) is 5.75 Å². The van der Waals surface area contributed by atoms with Crippen molar-refractivity contribution in [3.8, 4) is 6.19 Å². The third kappa shape index (κ3) is 11.4. The SMILES string of the molecule is CN(CCCN/C(=N/CCSCc1csc(NC(=N)N)n1)NC#N)CCC(c1ccc(Cl)cc1)c1ccccn1. The fraction of sp³-hybridized carbons (Fsp3) is 0.370. The molecule has 1 aromatic carbocycles. The molecule has 0 bridgehead atoms. The highest BCUT2D eigenvalue weighted by molar-refractivity contribution is 7.98. The number of aliphatic imine (C=N–C) groups is 1. The Kier molecular flexibility index (Phi) is 13.5. The van der Waals surface area contributed by atoms with Crippen molar-refractivity contribution >= 4 is 51.8 Å². The molecule has 212 valence electrons. The minimum Gasteiger partial charge on any atom is -0.370 e. The fourth-order valence-electron chi connectivity index (χ4n) is 3.92. The Morgan fingerprint density at radius 2 is 2.10 bits per heavy atom. The Morgan fingerprint density at radius 1 is 1.27 bits per heavy atom. The maximum atomic E-state index is 9.08. The Balaban J connectivity index is 1.37. The van der Waals surface area contributed by atoms with Gasteiger partial charge in [-0.2, -0.15) is 17.0 Å². The Bertz CT molecular complexity index is 1240. The summed E-state index contributed by atoms with van der Waals surface area (Å²) >= 11 is 9.23. The van der Waals surface area contributed by atoms with Gasteiger partial charge in [0.2, 0.25) is 5.96 Å². The van der Waals surface area contributed by atoms with E-state index in [1.54, 1.807) is 11.8 Å². The molecular weight excluding hydrogens is 564 g/mol. The molecule has 1 atom stereocenters. The highest BCUT2D eigenvalue weighted by Gasteiger charge is 2.16. The lowest BCUT2D eigenvalue weighted by molar-refractivity contribution is 0.318. The number of nitriles is 1. The van der Waals surface area contributed by atoms with E-state index in [2.05, 4.69) is 61.1 Å². The smallest absolute Gasteiger partial charge is 0.204 e. The molecule has 40 heavy (non-hydrogen) atoms. The van der Waals surface area contributed by atoms with Gasteiger partial charge in [0.1, 0.15) is 0 Å². The lowest BCUT2D eigenvalue weighted by Crippen LogP contribution is -2.36. The third-order valence-electron chi connectivity index (χ3n) is 5.85. The Hall–Kier alpha value is -3.37. The first kappa shape index (κ1) is 31.2. The van der Waals surface area contributed by atoms with Crippen molar-refractivity contribution in [2.24, 2.45) is 10.7 Å². The van der Waals surface area contributed by atoms with E-state index in [0.717, 1.165) is 53.8 Å². The maximum absolute atomic E-state index is 9.08. The second kappa shape index (κ2) is 17.3. The van der Waals surface area contributed by atoms with Gasteiger partial charge >= 0.3 is 0 Å². The average Bonchev–Trinajstić information content (AvgIpc) is 3.38. The molecule has 3 rings (SSSR count). The van der Waals surface area contributed by atoms with E-state index < -0.39 is 0 Å². The van der Waals surface area contributed by atoms with E-state index in [-0.39, 0.29) is 11.9 Å². The molecule has 0 aliphatic carbocycles. The van der Waals surface area contributed by atoms with Crippen molar-refractivity contribution in [3.63, 3.8) is 0 Å². The number of thiazole rings is 1. The van der Waals surface area contributed by atoms with Gasteiger partial charge in [0.05, 0.1) is 12.2 Å². The van der Waals surface area contributed by atoms with E-state index >= 15 is 0 Å². The minimum absolute atomic E-state index is 0.122. The number of hydrogen-bond donors (Lipinski definition) is 5. The predicted molar refractivity (Wildman–Crippen MR) is 167 cm³/mol. The number of hydrogen-bond acceptors (Lipinski definition) is 8. The standard InChI is InChI=1S/C27H35ClN10S2/c1-38(15-10-23(24-5-2-3-11-32-24)20-6-8-21(28)9-7-20)14-4-12-33-26(35-19-29)34-13-16-39-17-22-18-40-27(36-22)37-25(30)31/h2-3,5-9,11,18,23H,4,10,12-17H2,1H3,(H2,33,34,35)(H4,30,31,36,37). The molecule has 0 aliphatic rings. The van der Waals surface area contributed by atoms with Gasteiger partial charge in [0.25, 0.3) is 0 Å². The number of nitrogens with two attached hydrogens (primary N) is 1. The fourth-order valence-corrected chi connectivity index (χ4v) is 5.59. The second-order valence-electron chi connectivity index (χ2n) is 8.93. The van der Waals surface area contributed by atoms with Crippen LogP contribution in [0.25, 0.3) is 0 Å². The summed E-state index contributed by atoms with van der Waals surface area (Å²) in [6.07, 6.45) is 5.64. The minimum atomic E-state index is -0.122. The summed E-state index contributed by atoms with van der Waals surface area (Å²) in [4.78, 5) is 15.8. The number of anilines is 1. The lowest BCUT2D eigenvalue weighted by Gasteiger charge is -2.22. The molecule has 0 radical (unpaired) electrons. The van der Waals surface area contributed by atoms with Crippen LogP contribution in [0.4, 0.5) is 5.13 Å². The number of rotatable bonds is 15. The summed E-state index contributed by atoms with van der Waals surface area (Å²) in [5, 5.41) is 28.2. The number of nitrogens with zero attached hydrogens (tertiary/aromatic N) is 5. The van der Waals surface area contributed by atoms with Crippen LogP contribution in [0.2, 0.25) is 5.02 Å². The van der Waals surface area contributed by atoms with Gasteiger partial charge in [-0.05, 0) is 62.8 Å². The van der Waals surface area contributed by atoms with Crippen LogP contribution >= 0.6 is 34.7 Å². The molecule has 0 spiro atoms. The van der Waals surface area contributed by atoms with Crippen LogP contribution in [0.5, 0.6) is 0 Å². The first-order valence-electron chi connectivity index (χ1n) is 12.9. The Morgan fingerprint density at radius 3 is 2.83 bits per heavy atom. The maximum Gasteiger partial charge on any atom is 0.204 e. The molecule has 13 heteroatoms. The molecule has 0 saturated heterocycles. The van der Waals surface area contributed by atoms with Gasteiger partial charge < -0.3 is 21.3 Å². The molecule has 0 amide bonds. The molecule has 2 aromatic heterocycles. The molecular formula is C27H35ClN10S2. The third-order valence-corrected chi connectivity index (χ3v) is 7.88. The Labute approximate surface area is 249 Å². The second-order valence-corrected chi connectivity index (χ2v) is 11.3. The zero-order valence-electron chi connectivity index (χ0n) is 22.4. The van der Waals surface area contributed by atoms with Crippen molar-refractivity contribution in [1.82, 2.24) is 25.5 Å². The van der Waals surface area contributed by atoms with Gasteiger partial charge in [0, 0.05) is 46.3 Å². The number of aromatic nitrogens is 2. The summed E-state index contributed by atoms with van der Waals surface area (Å²) in [5.74, 6) is 2.10. The van der Waals surface area contributed by atoms with Crippen LogP contribution in [0.15, 0.2) is 59.0 Å². The van der Waals surface area contributed by atoms with Crippen LogP contribution in [-0.4, -0.2) is 65.8 Å². The zero-order valence-corrected chi connectivity index (χ0v) is 24.8. The molecule has 2 heterocycles. The zero-order chi connectivity index (χ0) is 28.6. The molecule has 1 unspecified atom stereocenters. The van der Waals surface area contributed by atoms with Gasteiger partial charge in [-0.25, -0.2) is 4.98 Å². The van der Waals surface area contributed by atoms with Crippen molar-refractivity contribution in [2.75, 3.05) is 44.3 Å². The van der Waals surface area contributed by atoms with Crippen LogP contribution in [0.1, 0.15) is 35.7 Å². The van der Waals surface area contributed by atoms with Crippen molar-refractivity contribution < 1.29 is 0 Å². The summed E-state index contributed by atoms with van der Waals surface area (Å²) in [6.45, 7) is 3.11. The van der Waals surface area contributed by atoms with Crippen LogP contribution in [0, 0.1) is 16.9 Å². The number of nitrogens with one attached hydrogen (secondary N) is 4. The van der Waals surface area contributed by atoms with Gasteiger partial charge in [0.15, 0.2) is 17.3 Å². The van der Waals surface area contributed by atoms with E-state index in [1.165, 1.54) is 16.9 Å². The summed E-state index contributed by atoms with van der Waals surface area (Å²) in [5.41, 5.74) is 8.53. The largest absolute Gasteiger partial charge is 0.370 e. The highest BCUT2D eigenvalue weighted by atomic mass is 35.5. The molecule has 0 saturated carbocycles. The van der Waals surface area contributed by atoms with Gasteiger partial charge in [-0.3, -0.25) is 20.7 Å². The highest BCUT2D eigenvalue weighted by Crippen LogP contribution is 2.27. The lowest BCUT2D eigenvalue weighted by atomic mass is 9.92. The van der Waals surface area contributed by atoms with Crippen molar-refractivity contribution in [2.45, 2.75) is 24.5 Å². The van der Waals surface area contributed by atoms with E-state index in [9.17, 15) is 0 Å². The quantitative estimate of drug-likeness (QED) is 0.0567. The number of pyridine rings is 1. The summed E-state index contributed by atoms with van der Waals surface area (Å²) in [6, 6.07) is 14.1. The molecule has 6 N–H and O–H groups in total. The first-order chi connectivity index (χ1) is 19.4. The molecule has 3 aromatic rings. The van der Waals surface area contributed by atoms with E-state index in [0.29, 0.717) is 24.2 Å². The molecule has 0 aliphatic heterocycles. The number of benzene rings is 1. The van der Waals surface area contributed by atoms with Gasteiger partial charge in [-0.15, -0.1) is 11.3 Å². The number of guanidine groups is 2. The summed E-state index contributed by atoms with van der Waals surface area (Å²) < 4.78 is 0. The van der Waals surface area contributed by atoms with E-state index in [1.807, 2.05) is 42.0 Å². The van der Waals surface area contributed by atoms with E-state index in [4.69, 9.17) is 28.0 Å². The van der Waals surface area contributed by atoms with Crippen molar-refractivity contribution in [1.29, 1.82) is 10.7 Å². The monoisotopic (exact) mass is 598 g/mol. The summed E-state index contributed by atoms with van der Waals surface area (Å²) in [7, 11) is 2.12. The normalized spacial score (nSPS) is 12.1. The molecule has 10 nitrogen and oxygen atoms in total. The average molecular weight is 599 g/mol.